The number of benzene rings is 1. The van der Waals surface area contributed by atoms with Crippen LogP contribution < -0.4 is 5.32 Å². The number of carbonyl (C=O) groups is 1. The lowest BCUT2D eigenvalue weighted by Crippen LogP contribution is -2.35. The number of amides is 1. The first kappa shape index (κ1) is 18.9. The second kappa shape index (κ2) is 7.79. The van der Waals surface area contributed by atoms with Crippen LogP contribution in [0.2, 0.25) is 0 Å². The van der Waals surface area contributed by atoms with Crippen LogP contribution in [0.4, 0.5) is 13.2 Å². The molecule has 0 radical (unpaired) electrons. The number of imidazole rings is 1. The van der Waals surface area contributed by atoms with E-state index >= 15 is 0 Å². The van der Waals surface area contributed by atoms with Gasteiger partial charge >= 0.3 is 6.18 Å². The van der Waals surface area contributed by atoms with E-state index in [1.165, 1.54) is 13.1 Å². The third kappa shape index (κ3) is 4.65. The van der Waals surface area contributed by atoms with Gasteiger partial charge in [-0.15, -0.1) is 0 Å². The Morgan fingerprint density at radius 1 is 1.19 bits per heavy atom. The topological polar surface area (TPSA) is 49.6 Å². The lowest BCUT2D eigenvalue weighted by Gasteiger charge is -2.22. The molecule has 2 heterocycles. The number of pyridine rings is 1. The fraction of sp³-hybridized carbons (Fsp3) is 0.263. The second-order valence-electron chi connectivity index (χ2n) is 6.19. The van der Waals surface area contributed by atoms with Crippen molar-refractivity contribution in [2.24, 2.45) is 0 Å². The molecule has 1 amide bonds. The van der Waals surface area contributed by atoms with Crippen LogP contribution in [0.5, 0.6) is 0 Å². The smallest absolute Gasteiger partial charge is 0.358 e. The zero-order chi connectivity index (χ0) is 19.4. The average Bonchev–Trinajstić information content (AvgIpc) is 3.04. The Morgan fingerprint density at radius 2 is 2.00 bits per heavy atom. The first-order valence-corrected chi connectivity index (χ1v) is 8.37. The molecule has 0 aliphatic carbocycles. The molecule has 1 aromatic carbocycles. The maximum atomic E-state index is 13.0. The summed E-state index contributed by atoms with van der Waals surface area (Å²) in [5.41, 5.74) is 1.41. The van der Waals surface area contributed by atoms with Gasteiger partial charge in [-0.3, -0.25) is 9.69 Å². The Hall–Kier alpha value is -2.87. The van der Waals surface area contributed by atoms with Gasteiger partial charge in [0.05, 0.1) is 24.0 Å². The van der Waals surface area contributed by atoms with Crippen LogP contribution in [0.3, 0.4) is 0 Å². The molecule has 0 atom stereocenters. The summed E-state index contributed by atoms with van der Waals surface area (Å²) >= 11 is 0. The van der Waals surface area contributed by atoms with E-state index in [9.17, 15) is 18.0 Å². The monoisotopic (exact) mass is 376 g/mol. The van der Waals surface area contributed by atoms with E-state index in [0.717, 1.165) is 23.5 Å². The van der Waals surface area contributed by atoms with Gasteiger partial charge in [0.15, 0.2) is 0 Å². The second-order valence-corrected chi connectivity index (χ2v) is 6.19. The summed E-state index contributed by atoms with van der Waals surface area (Å²) < 4.78 is 40.8. The van der Waals surface area contributed by atoms with Crippen LogP contribution >= 0.6 is 0 Å². The summed E-state index contributed by atoms with van der Waals surface area (Å²) in [7, 11) is 1.53. The SMILES string of the molecule is CNC(=O)CN(Cc1cccc(C(F)(F)F)c1)Cc1cnc2ccccn12. The molecule has 0 aliphatic rings. The molecule has 0 aliphatic heterocycles. The fourth-order valence-electron chi connectivity index (χ4n) is 2.89. The van der Waals surface area contributed by atoms with Gasteiger partial charge in [0.2, 0.25) is 5.91 Å². The third-order valence-corrected chi connectivity index (χ3v) is 4.19. The highest BCUT2D eigenvalue weighted by molar-refractivity contribution is 5.77. The molecule has 3 aromatic rings. The van der Waals surface area contributed by atoms with Crippen molar-refractivity contribution in [1.29, 1.82) is 0 Å². The van der Waals surface area contributed by atoms with Gasteiger partial charge in [-0.25, -0.2) is 4.98 Å². The fourth-order valence-corrected chi connectivity index (χ4v) is 2.89. The van der Waals surface area contributed by atoms with Crippen molar-refractivity contribution >= 4 is 11.6 Å². The Labute approximate surface area is 154 Å². The summed E-state index contributed by atoms with van der Waals surface area (Å²) in [6.45, 7) is 0.638. The highest BCUT2D eigenvalue weighted by Gasteiger charge is 2.30. The van der Waals surface area contributed by atoms with Gasteiger partial charge < -0.3 is 9.72 Å². The molecule has 1 N–H and O–H groups in total. The lowest BCUT2D eigenvalue weighted by atomic mass is 10.1. The van der Waals surface area contributed by atoms with Crippen molar-refractivity contribution in [3.8, 4) is 0 Å². The van der Waals surface area contributed by atoms with E-state index in [-0.39, 0.29) is 19.0 Å². The van der Waals surface area contributed by atoms with Crippen molar-refractivity contribution in [2.45, 2.75) is 19.3 Å². The molecule has 3 rings (SSSR count). The first-order valence-electron chi connectivity index (χ1n) is 8.37. The van der Waals surface area contributed by atoms with Gasteiger partial charge in [-0.2, -0.15) is 13.2 Å². The van der Waals surface area contributed by atoms with E-state index in [2.05, 4.69) is 10.3 Å². The molecular formula is C19H19F3N4O. The lowest BCUT2D eigenvalue weighted by molar-refractivity contribution is -0.137. The van der Waals surface area contributed by atoms with Gasteiger partial charge in [0, 0.05) is 26.3 Å². The van der Waals surface area contributed by atoms with Crippen LogP contribution in [-0.2, 0) is 24.1 Å². The number of aromatic nitrogens is 2. The number of likely N-dealkylation sites (N-methyl/N-ethyl adjacent to an activating group) is 1. The quantitative estimate of drug-likeness (QED) is 0.719. The molecule has 0 saturated heterocycles. The minimum atomic E-state index is -4.40. The van der Waals surface area contributed by atoms with E-state index in [0.29, 0.717) is 12.1 Å². The van der Waals surface area contributed by atoms with E-state index in [4.69, 9.17) is 0 Å². The van der Waals surface area contributed by atoms with Gasteiger partial charge in [0.25, 0.3) is 0 Å². The van der Waals surface area contributed by atoms with Crippen LogP contribution in [0.25, 0.3) is 5.65 Å². The van der Waals surface area contributed by atoms with Crippen molar-refractivity contribution in [3.63, 3.8) is 0 Å². The van der Waals surface area contributed by atoms with E-state index in [1.54, 1.807) is 17.2 Å². The summed E-state index contributed by atoms with van der Waals surface area (Å²) in [5.74, 6) is -0.212. The van der Waals surface area contributed by atoms with Crippen LogP contribution in [-0.4, -0.2) is 33.8 Å². The number of halogens is 3. The van der Waals surface area contributed by atoms with E-state index in [1.807, 2.05) is 28.8 Å². The predicted octanol–water partition coefficient (Wildman–Crippen LogP) is 3.10. The average molecular weight is 376 g/mol. The summed E-state index contributed by atoms with van der Waals surface area (Å²) in [5, 5.41) is 2.55. The summed E-state index contributed by atoms with van der Waals surface area (Å²) in [6.07, 6.45) is -0.832. The molecule has 2 aromatic heterocycles. The van der Waals surface area contributed by atoms with Gasteiger partial charge in [-0.05, 0) is 23.8 Å². The minimum absolute atomic E-state index is 0.0623. The minimum Gasteiger partial charge on any atom is -0.358 e. The number of carbonyl (C=O) groups excluding carboxylic acids is 1. The predicted molar refractivity (Wildman–Crippen MR) is 94.8 cm³/mol. The van der Waals surface area contributed by atoms with Gasteiger partial charge in [-0.1, -0.05) is 24.3 Å². The van der Waals surface area contributed by atoms with Gasteiger partial charge in [0.1, 0.15) is 5.65 Å². The number of rotatable bonds is 6. The maximum Gasteiger partial charge on any atom is 0.416 e. The number of alkyl halides is 3. The molecular weight excluding hydrogens is 357 g/mol. The van der Waals surface area contributed by atoms with Crippen molar-refractivity contribution in [1.82, 2.24) is 19.6 Å². The highest BCUT2D eigenvalue weighted by atomic mass is 19.4. The standard InChI is InChI=1S/C19H19F3N4O/c1-23-18(27)13-25(11-14-5-4-6-15(9-14)19(20,21)22)12-16-10-24-17-7-2-3-8-26(16)17/h2-10H,11-13H2,1H3,(H,23,27). The summed E-state index contributed by atoms with van der Waals surface area (Å²) in [6, 6.07) is 10.8. The summed E-state index contributed by atoms with van der Waals surface area (Å²) in [4.78, 5) is 18.0. The molecule has 0 bridgehead atoms. The molecule has 0 saturated carbocycles. The molecule has 8 heteroatoms. The third-order valence-electron chi connectivity index (χ3n) is 4.19. The molecule has 27 heavy (non-hydrogen) atoms. The van der Waals surface area contributed by atoms with Crippen molar-refractivity contribution in [2.75, 3.05) is 13.6 Å². The Morgan fingerprint density at radius 3 is 2.74 bits per heavy atom. The molecule has 0 fully saturated rings. The number of nitrogens with zero attached hydrogens (tertiary/aromatic N) is 3. The van der Waals surface area contributed by atoms with Crippen LogP contribution in [0.1, 0.15) is 16.8 Å². The number of hydrogen-bond acceptors (Lipinski definition) is 3. The molecule has 5 nitrogen and oxygen atoms in total. The zero-order valence-corrected chi connectivity index (χ0v) is 14.7. The Kier molecular flexibility index (Phi) is 5.46. The number of nitrogens with one attached hydrogen (secondary N) is 1. The molecule has 142 valence electrons. The molecule has 0 spiro atoms. The first-order chi connectivity index (χ1) is 12.9. The van der Waals surface area contributed by atoms with Crippen LogP contribution in [0.15, 0.2) is 54.9 Å². The highest BCUT2D eigenvalue weighted by Crippen LogP contribution is 2.29. The maximum absolute atomic E-state index is 13.0. The molecule has 0 unspecified atom stereocenters. The zero-order valence-electron chi connectivity index (χ0n) is 14.7. The van der Waals surface area contributed by atoms with E-state index < -0.39 is 11.7 Å². The number of hydrogen-bond donors (Lipinski definition) is 1. The Bertz CT molecular complexity index is 936. The number of fused-ring (bicyclic) bond motifs is 1. The normalized spacial score (nSPS) is 11.9. The van der Waals surface area contributed by atoms with Crippen LogP contribution in [0, 0.1) is 0 Å². The Balaban J connectivity index is 1.84. The van der Waals surface area contributed by atoms with Crippen molar-refractivity contribution < 1.29 is 18.0 Å². The largest absolute Gasteiger partial charge is 0.416 e. The van der Waals surface area contributed by atoms with Crippen molar-refractivity contribution in [3.05, 3.63) is 71.7 Å².